The molecule has 0 heterocycles. The van der Waals surface area contributed by atoms with Gasteiger partial charge in [-0.2, -0.15) is 0 Å². The molecule has 0 aromatic heterocycles. The molecule has 0 aliphatic carbocycles. The third kappa shape index (κ3) is 4.15. The molecule has 1 aromatic carbocycles. The smallest absolute Gasteiger partial charge is 0.0580 e. The number of hydrogen-bond donors (Lipinski definition) is 1. The number of aliphatic hydroxyl groups is 1. The lowest BCUT2D eigenvalue weighted by Gasteiger charge is -2.15. The SMILES string of the molecule is C=Cc1ccccc1/C(=C\C)CC(O)CCCC. The van der Waals surface area contributed by atoms with Crippen LogP contribution in [0.5, 0.6) is 0 Å². The Balaban J connectivity index is 2.81. The molecule has 0 aliphatic heterocycles. The maximum absolute atomic E-state index is 10.0. The molecule has 0 aliphatic rings. The zero-order chi connectivity index (χ0) is 13.4. The fraction of sp³-hybridized carbons (Fsp3) is 0.412. The van der Waals surface area contributed by atoms with Crippen molar-refractivity contribution in [1.29, 1.82) is 0 Å². The molecule has 1 heteroatoms. The van der Waals surface area contributed by atoms with Gasteiger partial charge in [-0.15, -0.1) is 0 Å². The van der Waals surface area contributed by atoms with Crippen LogP contribution in [0.3, 0.4) is 0 Å². The van der Waals surface area contributed by atoms with Crippen molar-refractivity contribution in [3.8, 4) is 0 Å². The van der Waals surface area contributed by atoms with E-state index in [1.54, 1.807) is 0 Å². The highest BCUT2D eigenvalue weighted by Crippen LogP contribution is 2.25. The first-order valence-electron chi connectivity index (χ1n) is 6.78. The van der Waals surface area contributed by atoms with Gasteiger partial charge in [0.1, 0.15) is 0 Å². The van der Waals surface area contributed by atoms with Crippen molar-refractivity contribution in [2.75, 3.05) is 0 Å². The van der Waals surface area contributed by atoms with E-state index >= 15 is 0 Å². The van der Waals surface area contributed by atoms with Gasteiger partial charge in [0.2, 0.25) is 0 Å². The van der Waals surface area contributed by atoms with Gasteiger partial charge >= 0.3 is 0 Å². The first kappa shape index (κ1) is 14.7. The summed E-state index contributed by atoms with van der Waals surface area (Å²) >= 11 is 0. The van der Waals surface area contributed by atoms with Crippen LogP contribution in [-0.4, -0.2) is 11.2 Å². The van der Waals surface area contributed by atoms with Crippen molar-refractivity contribution in [1.82, 2.24) is 0 Å². The molecule has 0 saturated carbocycles. The number of rotatable bonds is 7. The maximum atomic E-state index is 10.0. The van der Waals surface area contributed by atoms with Gasteiger partial charge in [-0.05, 0) is 36.5 Å². The van der Waals surface area contributed by atoms with Crippen LogP contribution in [0.2, 0.25) is 0 Å². The second-order valence-corrected chi connectivity index (χ2v) is 4.61. The van der Waals surface area contributed by atoms with E-state index < -0.39 is 0 Å². The van der Waals surface area contributed by atoms with E-state index in [0.717, 1.165) is 31.2 Å². The summed E-state index contributed by atoms with van der Waals surface area (Å²) in [6.07, 6.45) is 7.54. The van der Waals surface area contributed by atoms with Crippen molar-refractivity contribution in [2.45, 2.75) is 45.6 Å². The van der Waals surface area contributed by atoms with Gasteiger partial charge in [0, 0.05) is 0 Å². The fourth-order valence-corrected chi connectivity index (χ4v) is 2.15. The summed E-state index contributed by atoms with van der Waals surface area (Å²) in [6, 6.07) is 8.20. The Morgan fingerprint density at radius 3 is 2.72 bits per heavy atom. The van der Waals surface area contributed by atoms with Gasteiger partial charge in [0.25, 0.3) is 0 Å². The Morgan fingerprint density at radius 1 is 1.39 bits per heavy atom. The summed E-state index contributed by atoms with van der Waals surface area (Å²) in [5.41, 5.74) is 3.52. The topological polar surface area (TPSA) is 20.2 Å². The van der Waals surface area contributed by atoms with Crippen LogP contribution in [0.4, 0.5) is 0 Å². The van der Waals surface area contributed by atoms with Crippen LogP contribution in [0.15, 0.2) is 36.9 Å². The molecule has 0 bridgehead atoms. The molecule has 1 atom stereocenters. The minimum absolute atomic E-state index is 0.242. The molecule has 1 aromatic rings. The first-order chi connectivity index (χ1) is 8.72. The Bertz CT molecular complexity index is 404. The van der Waals surface area contributed by atoms with Gasteiger partial charge < -0.3 is 5.11 Å². The number of hydrogen-bond acceptors (Lipinski definition) is 1. The van der Waals surface area contributed by atoms with E-state index in [1.807, 2.05) is 25.1 Å². The molecule has 18 heavy (non-hydrogen) atoms. The van der Waals surface area contributed by atoms with Crippen molar-refractivity contribution >= 4 is 11.6 Å². The first-order valence-corrected chi connectivity index (χ1v) is 6.78. The molecular formula is C17H24O. The Morgan fingerprint density at radius 2 is 2.11 bits per heavy atom. The summed E-state index contributed by atoms with van der Waals surface area (Å²) in [7, 11) is 0. The van der Waals surface area contributed by atoms with E-state index in [0.29, 0.717) is 0 Å². The Kier molecular flexibility index (Phi) is 6.45. The molecule has 0 spiro atoms. The molecule has 98 valence electrons. The normalized spacial score (nSPS) is 13.4. The lowest BCUT2D eigenvalue weighted by Crippen LogP contribution is -2.07. The predicted octanol–water partition coefficient (Wildman–Crippen LogP) is 4.67. The van der Waals surface area contributed by atoms with Crippen LogP contribution >= 0.6 is 0 Å². The van der Waals surface area contributed by atoms with Crippen LogP contribution in [0.25, 0.3) is 11.6 Å². The summed E-state index contributed by atoms with van der Waals surface area (Å²) in [5, 5.41) is 10.0. The van der Waals surface area contributed by atoms with E-state index in [1.165, 1.54) is 11.1 Å². The summed E-state index contributed by atoms with van der Waals surface area (Å²) in [6.45, 7) is 8.03. The Labute approximate surface area is 111 Å². The summed E-state index contributed by atoms with van der Waals surface area (Å²) in [4.78, 5) is 0. The van der Waals surface area contributed by atoms with E-state index in [-0.39, 0.29) is 6.10 Å². The van der Waals surface area contributed by atoms with Gasteiger partial charge in [-0.3, -0.25) is 0 Å². The third-order valence-corrected chi connectivity index (χ3v) is 3.22. The van der Waals surface area contributed by atoms with Gasteiger partial charge in [-0.25, -0.2) is 0 Å². The van der Waals surface area contributed by atoms with Crippen LogP contribution in [0.1, 0.15) is 50.7 Å². The van der Waals surface area contributed by atoms with Crippen LogP contribution < -0.4 is 0 Å². The summed E-state index contributed by atoms with van der Waals surface area (Å²) < 4.78 is 0. The van der Waals surface area contributed by atoms with Gasteiger partial charge in [-0.1, -0.05) is 62.8 Å². The number of aliphatic hydroxyl groups excluding tert-OH is 1. The minimum Gasteiger partial charge on any atom is -0.393 e. The highest BCUT2D eigenvalue weighted by molar-refractivity contribution is 5.73. The van der Waals surface area contributed by atoms with Crippen molar-refractivity contribution in [3.63, 3.8) is 0 Å². The predicted molar refractivity (Wildman–Crippen MR) is 80.3 cm³/mol. The highest BCUT2D eigenvalue weighted by Gasteiger charge is 2.10. The van der Waals surface area contributed by atoms with Gasteiger partial charge in [0.05, 0.1) is 6.10 Å². The zero-order valence-electron chi connectivity index (χ0n) is 11.5. The molecule has 0 amide bonds. The lowest BCUT2D eigenvalue weighted by molar-refractivity contribution is 0.167. The highest BCUT2D eigenvalue weighted by atomic mass is 16.3. The quantitative estimate of drug-likeness (QED) is 0.738. The molecule has 1 N–H and O–H groups in total. The average molecular weight is 244 g/mol. The second-order valence-electron chi connectivity index (χ2n) is 4.61. The molecular weight excluding hydrogens is 220 g/mol. The fourth-order valence-electron chi connectivity index (χ4n) is 2.15. The largest absolute Gasteiger partial charge is 0.393 e. The molecule has 0 saturated heterocycles. The summed E-state index contributed by atoms with van der Waals surface area (Å²) in [5.74, 6) is 0. The molecule has 0 radical (unpaired) electrons. The molecule has 1 unspecified atom stereocenters. The molecule has 0 fully saturated rings. The third-order valence-electron chi connectivity index (χ3n) is 3.22. The number of benzene rings is 1. The Hall–Kier alpha value is -1.34. The van der Waals surface area contributed by atoms with Crippen LogP contribution in [-0.2, 0) is 0 Å². The lowest BCUT2D eigenvalue weighted by atomic mass is 9.93. The molecule has 1 nitrogen and oxygen atoms in total. The average Bonchev–Trinajstić information content (AvgIpc) is 2.42. The second kappa shape index (κ2) is 7.88. The van der Waals surface area contributed by atoms with Crippen molar-refractivity contribution in [2.24, 2.45) is 0 Å². The molecule has 1 rings (SSSR count). The number of unbranched alkanes of at least 4 members (excludes halogenated alkanes) is 1. The number of allylic oxidation sites excluding steroid dienone is 1. The van der Waals surface area contributed by atoms with E-state index in [4.69, 9.17) is 0 Å². The van der Waals surface area contributed by atoms with Crippen molar-refractivity contribution < 1.29 is 5.11 Å². The zero-order valence-corrected chi connectivity index (χ0v) is 11.5. The maximum Gasteiger partial charge on any atom is 0.0580 e. The van der Waals surface area contributed by atoms with Gasteiger partial charge in [0.15, 0.2) is 0 Å². The van der Waals surface area contributed by atoms with E-state index in [9.17, 15) is 5.11 Å². The monoisotopic (exact) mass is 244 g/mol. The standard InChI is InChI=1S/C17H24O/c1-4-7-11-16(18)13-15(6-3)17-12-9-8-10-14(17)5-2/h5-6,8-10,12,16,18H,2,4,7,11,13H2,1,3H3/b15-6-. The van der Waals surface area contributed by atoms with E-state index in [2.05, 4.69) is 31.7 Å². The van der Waals surface area contributed by atoms with Crippen LogP contribution in [0, 0.1) is 0 Å². The minimum atomic E-state index is -0.242. The van der Waals surface area contributed by atoms with Crippen molar-refractivity contribution in [3.05, 3.63) is 48.0 Å².